The second kappa shape index (κ2) is 6.64. The first-order valence-electron chi connectivity index (χ1n) is 4.84. The maximum Gasteiger partial charge on any atom is 0.405 e. The number of hydrogen-bond acceptors (Lipinski definition) is 0. The summed E-state index contributed by atoms with van der Waals surface area (Å²) in [6.45, 7) is 3.87. The first kappa shape index (κ1) is 13.2. The highest BCUT2D eigenvalue weighted by molar-refractivity contribution is 7.58. The molecule has 0 radical (unpaired) electrons. The topological polar surface area (TPSA) is 0 Å². The van der Waals surface area contributed by atoms with E-state index in [0.29, 0.717) is 12.3 Å². The van der Waals surface area contributed by atoms with Crippen molar-refractivity contribution in [2.24, 2.45) is 0 Å². The number of hydrogen-bond donors (Lipinski definition) is 0. The normalized spacial score (nSPS) is 12.5. The number of halogens is 3. The summed E-state index contributed by atoms with van der Waals surface area (Å²) in [5.74, 6) is -3.92. The van der Waals surface area contributed by atoms with Gasteiger partial charge in [-0.1, -0.05) is 26.7 Å². The largest absolute Gasteiger partial charge is 0.405 e. The molecule has 0 heterocycles. The Hall–Kier alpha value is 0.220. The molecule has 0 aliphatic heterocycles. The van der Waals surface area contributed by atoms with E-state index < -0.39 is 13.8 Å². The van der Waals surface area contributed by atoms with Crippen LogP contribution in [0.15, 0.2) is 0 Å². The molecule has 0 aromatic carbocycles. The Balaban J connectivity index is 3.88. The Kier molecular flexibility index (Phi) is 6.75. The maximum absolute atomic E-state index is 12.4. The van der Waals surface area contributed by atoms with Crippen LogP contribution in [0.5, 0.6) is 0 Å². The molecule has 80 valence electrons. The molecule has 0 fully saturated rings. The molecular formula is C9H18F3P. The SMILES string of the molecule is CCCCP(CCCC)C(F)(F)F. The van der Waals surface area contributed by atoms with E-state index in [9.17, 15) is 13.2 Å². The molecule has 0 rings (SSSR count). The molecule has 13 heavy (non-hydrogen) atoms. The van der Waals surface area contributed by atoms with E-state index in [-0.39, 0.29) is 0 Å². The lowest BCUT2D eigenvalue weighted by molar-refractivity contribution is -0.0404. The molecule has 4 heteroatoms. The van der Waals surface area contributed by atoms with Crippen molar-refractivity contribution in [3.8, 4) is 0 Å². The second-order valence-electron chi connectivity index (χ2n) is 3.16. The standard InChI is InChI=1S/C9H18F3P/c1-3-5-7-13(8-6-4-2)9(10,11)12/h3-8H2,1-2H3. The zero-order valence-corrected chi connectivity index (χ0v) is 9.22. The van der Waals surface area contributed by atoms with E-state index >= 15 is 0 Å². The van der Waals surface area contributed by atoms with E-state index in [2.05, 4.69) is 0 Å². The quantitative estimate of drug-likeness (QED) is 0.567. The van der Waals surface area contributed by atoms with Gasteiger partial charge in [0.25, 0.3) is 0 Å². The fourth-order valence-corrected chi connectivity index (χ4v) is 3.19. The van der Waals surface area contributed by atoms with Gasteiger partial charge in [-0.15, -0.1) is 0 Å². The van der Waals surface area contributed by atoms with Crippen LogP contribution in [0.2, 0.25) is 0 Å². The van der Waals surface area contributed by atoms with Crippen LogP contribution in [0.3, 0.4) is 0 Å². The predicted octanol–water partition coefficient (Wildman–Crippen LogP) is 4.59. The molecule has 0 saturated heterocycles. The van der Waals surface area contributed by atoms with E-state index in [0.717, 1.165) is 25.7 Å². The Morgan fingerprint density at radius 1 is 0.923 bits per heavy atom. The molecule has 0 aliphatic rings. The minimum Gasteiger partial charge on any atom is -0.167 e. The average Bonchev–Trinajstić information content (AvgIpc) is 2.02. The molecule has 0 bridgehead atoms. The molecule has 0 aromatic rings. The van der Waals surface area contributed by atoms with Crippen molar-refractivity contribution in [2.75, 3.05) is 12.3 Å². The highest BCUT2D eigenvalue weighted by Gasteiger charge is 2.37. The molecule has 0 amide bonds. The van der Waals surface area contributed by atoms with Crippen molar-refractivity contribution in [3.05, 3.63) is 0 Å². The van der Waals surface area contributed by atoms with Gasteiger partial charge in [0, 0.05) is 7.92 Å². The summed E-state index contributed by atoms with van der Waals surface area (Å²) in [6, 6.07) is 0. The summed E-state index contributed by atoms with van der Waals surface area (Å²) >= 11 is 0. The first-order valence-corrected chi connectivity index (χ1v) is 6.55. The van der Waals surface area contributed by atoms with Gasteiger partial charge < -0.3 is 0 Å². The molecule has 0 unspecified atom stereocenters. The van der Waals surface area contributed by atoms with Crippen molar-refractivity contribution in [1.29, 1.82) is 0 Å². The highest BCUT2D eigenvalue weighted by atomic mass is 31.1. The van der Waals surface area contributed by atoms with Crippen molar-refractivity contribution in [2.45, 2.75) is 45.4 Å². The summed E-state index contributed by atoms with van der Waals surface area (Å²) in [6.07, 6.45) is 3.90. The Labute approximate surface area is 79.7 Å². The van der Waals surface area contributed by atoms with Gasteiger partial charge in [0.05, 0.1) is 0 Å². The van der Waals surface area contributed by atoms with Crippen LogP contribution < -0.4 is 0 Å². The molecular weight excluding hydrogens is 196 g/mol. The summed E-state index contributed by atoms with van der Waals surface area (Å²) < 4.78 is 37.2. The summed E-state index contributed by atoms with van der Waals surface area (Å²) in [5, 5.41) is 0. The Morgan fingerprint density at radius 2 is 1.31 bits per heavy atom. The van der Waals surface area contributed by atoms with Gasteiger partial charge in [-0.25, -0.2) is 0 Å². The molecule has 0 aromatic heterocycles. The molecule has 0 nitrogen and oxygen atoms in total. The van der Waals surface area contributed by atoms with Crippen LogP contribution in [0.1, 0.15) is 39.5 Å². The minimum atomic E-state index is -3.92. The third-order valence-corrected chi connectivity index (χ3v) is 4.35. The van der Waals surface area contributed by atoms with Gasteiger partial charge >= 0.3 is 5.92 Å². The van der Waals surface area contributed by atoms with Crippen LogP contribution in [0.25, 0.3) is 0 Å². The van der Waals surface area contributed by atoms with Gasteiger partial charge in [0.2, 0.25) is 0 Å². The van der Waals surface area contributed by atoms with E-state index in [1.807, 2.05) is 13.8 Å². The monoisotopic (exact) mass is 214 g/mol. The van der Waals surface area contributed by atoms with Crippen LogP contribution in [-0.4, -0.2) is 18.2 Å². The lowest BCUT2D eigenvalue weighted by Gasteiger charge is -2.19. The number of rotatable bonds is 6. The molecule has 0 N–H and O–H groups in total. The molecule has 0 saturated carbocycles. The maximum atomic E-state index is 12.4. The smallest absolute Gasteiger partial charge is 0.167 e. The molecule has 0 spiro atoms. The summed E-state index contributed by atoms with van der Waals surface area (Å²) in [7, 11) is -1.71. The third-order valence-electron chi connectivity index (χ3n) is 1.92. The fraction of sp³-hybridized carbons (Fsp3) is 1.00. The molecule has 0 atom stereocenters. The Bertz CT molecular complexity index is 115. The zero-order valence-electron chi connectivity index (χ0n) is 8.32. The van der Waals surface area contributed by atoms with E-state index in [1.165, 1.54) is 0 Å². The van der Waals surface area contributed by atoms with E-state index in [1.54, 1.807) is 0 Å². The van der Waals surface area contributed by atoms with Crippen LogP contribution in [0.4, 0.5) is 13.2 Å². The number of unbranched alkanes of at least 4 members (excludes halogenated alkanes) is 2. The van der Waals surface area contributed by atoms with Gasteiger partial charge in [-0.2, -0.15) is 13.2 Å². The van der Waals surface area contributed by atoms with Gasteiger partial charge in [-0.05, 0) is 25.2 Å². The third kappa shape index (κ3) is 6.31. The predicted molar refractivity (Wildman–Crippen MR) is 52.5 cm³/mol. The average molecular weight is 214 g/mol. The van der Waals surface area contributed by atoms with Gasteiger partial charge in [0.15, 0.2) is 0 Å². The fourth-order valence-electron chi connectivity index (χ4n) is 1.06. The first-order chi connectivity index (χ1) is 6.02. The summed E-state index contributed by atoms with van der Waals surface area (Å²) in [4.78, 5) is 0. The minimum absolute atomic E-state index is 0.370. The van der Waals surface area contributed by atoms with Gasteiger partial charge in [0.1, 0.15) is 0 Å². The van der Waals surface area contributed by atoms with Gasteiger partial charge in [-0.3, -0.25) is 0 Å². The second-order valence-corrected chi connectivity index (χ2v) is 5.64. The summed E-state index contributed by atoms with van der Waals surface area (Å²) in [5.41, 5.74) is 0. The van der Waals surface area contributed by atoms with Crippen LogP contribution in [0, 0.1) is 0 Å². The lowest BCUT2D eigenvalue weighted by atomic mass is 10.4. The van der Waals surface area contributed by atoms with Crippen molar-refractivity contribution in [3.63, 3.8) is 0 Å². The molecule has 0 aliphatic carbocycles. The Morgan fingerprint density at radius 3 is 1.54 bits per heavy atom. The van der Waals surface area contributed by atoms with Crippen molar-refractivity contribution >= 4 is 7.92 Å². The van der Waals surface area contributed by atoms with Crippen molar-refractivity contribution < 1.29 is 13.2 Å². The van der Waals surface area contributed by atoms with Crippen LogP contribution >= 0.6 is 7.92 Å². The van der Waals surface area contributed by atoms with Crippen molar-refractivity contribution in [1.82, 2.24) is 0 Å². The van der Waals surface area contributed by atoms with E-state index in [4.69, 9.17) is 0 Å². The van der Waals surface area contributed by atoms with Crippen LogP contribution in [-0.2, 0) is 0 Å². The highest BCUT2D eigenvalue weighted by Crippen LogP contribution is 2.54. The zero-order chi connectivity index (χ0) is 10.3. The lowest BCUT2D eigenvalue weighted by Crippen LogP contribution is -2.10. The number of alkyl halides is 3.